The standard InChI is InChI=1S/2C5H5.CF3.Zr/c2*1-2-4-5-3-1;2-1(3)4;/h2*1-3H,4H2;;. The molecule has 0 aromatic rings. The van der Waals surface area contributed by atoms with Crippen molar-refractivity contribution in [1.82, 2.24) is 0 Å². The Hall–Kier alpha value is -0.367. The molecule has 0 fully saturated rings. The van der Waals surface area contributed by atoms with Gasteiger partial charge in [0.05, 0.1) is 0 Å². The number of alkyl halides is 3. The van der Waals surface area contributed by atoms with Gasteiger partial charge in [-0.05, 0) is 0 Å². The Balaban J connectivity index is 2.25. The normalized spacial score (nSPS) is 19.4. The molecule has 0 aromatic heterocycles. The van der Waals surface area contributed by atoms with Gasteiger partial charge in [-0.25, -0.2) is 0 Å². The summed E-state index contributed by atoms with van der Waals surface area (Å²) >= 11 is -3.57. The first-order valence-electron chi connectivity index (χ1n) is 4.75. The summed E-state index contributed by atoms with van der Waals surface area (Å²) in [6.45, 7) is 0. The van der Waals surface area contributed by atoms with Gasteiger partial charge in [-0.3, -0.25) is 0 Å². The van der Waals surface area contributed by atoms with Gasteiger partial charge in [0.25, 0.3) is 0 Å². The van der Waals surface area contributed by atoms with E-state index in [9.17, 15) is 13.2 Å². The third kappa shape index (κ3) is 2.42. The number of hydrogen-bond acceptors (Lipinski definition) is 0. The first kappa shape index (κ1) is 11.1. The van der Waals surface area contributed by atoms with Crippen molar-refractivity contribution in [2.24, 2.45) is 0 Å². The van der Waals surface area contributed by atoms with Crippen LogP contribution in [-0.4, -0.2) is 3.88 Å². The minimum atomic E-state index is -3.97. The molecule has 15 heavy (non-hydrogen) atoms. The van der Waals surface area contributed by atoms with Crippen LogP contribution in [0.2, 0.25) is 0 Å². The van der Waals surface area contributed by atoms with E-state index < -0.39 is 25.6 Å². The van der Waals surface area contributed by atoms with Gasteiger partial charge in [0.1, 0.15) is 0 Å². The summed E-state index contributed by atoms with van der Waals surface area (Å²) in [5.74, 6) is 0. The zero-order valence-electron chi connectivity index (χ0n) is 8.01. The maximum absolute atomic E-state index is 13.0. The third-order valence-corrected chi connectivity index (χ3v) is 8.84. The van der Waals surface area contributed by atoms with Gasteiger partial charge in [-0.15, -0.1) is 0 Å². The molecule has 0 aliphatic heterocycles. The van der Waals surface area contributed by atoms with E-state index in [4.69, 9.17) is 0 Å². The van der Waals surface area contributed by atoms with Crippen LogP contribution in [0.4, 0.5) is 13.2 Å². The van der Waals surface area contributed by atoms with Crippen LogP contribution in [-0.2, 0) is 21.8 Å². The molecule has 0 amide bonds. The average molecular weight is 290 g/mol. The molecule has 0 unspecified atom stereocenters. The monoisotopic (exact) mass is 289 g/mol. The number of allylic oxidation sites excluding steroid dienone is 8. The van der Waals surface area contributed by atoms with Crippen molar-refractivity contribution in [2.45, 2.75) is 16.7 Å². The molecule has 0 bridgehead atoms. The molecule has 0 radical (unpaired) electrons. The Kier molecular flexibility index (Phi) is 3.15. The number of rotatable bonds is 2. The molecule has 2 aliphatic carbocycles. The Labute approximate surface area is 94.5 Å². The van der Waals surface area contributed by atoms with Crippen molar-refractivity contribution in [2.75, 3.05) is 0 Å². The number of hydrogen-bond donors (Lipinski definition) is 0. The van der Waals surface area contributed by atoms with Crippen LogP contribution in [0.5, 0.6) is 0 Å². The SMILES string of the molecule is F[C](F)(F)[Zr]([C]1=CC=CC1)[C]1=CC=CC1. The van der Waals surface area contributed by atoms with E-state index in [1.54, 1.807) is 24.3 Å². The van der Waals surface area contributed by atoms with E-state index >= 15 is 0 Å². The van der Waals surface area contributed by atoms with Crippen LogP contribution in [0.3, 0.4) is 0 Å². The van der Waals surface area contributed by atoms with Gasteiger partial charge in [-0.1, -0.05) is 0 Å². The zero-order valence-corrected chi connectivity index (χ0v) is 10.5. The molecule has 2 aliphatic rings. The second-order valence-electron chi connectivity index (χ2n) is 3.52. The second kappa shape index (κ2) is 4.25. The molecular formula is C11H10F3Zr. The summed E-state index contributed by atoms with van der Waals surface area (Å²) in [5.41, 5.74) is 0. The van der Waals surface area contributed by atoms with Crippen molar-refractivity contribution in [1.29, 1.82) is 0 Å². The molecule has 0 saturated heterocycles. The van der Waals surface area contributed by atoms with Gasteiger partial charge in [0.15, 0.2) is 0 Å². The van der Waals surface area contributed by atoms with Crippen LogP contribution in [0.15, 0.2) is 43.0 Å². The predicted molar refractivity (Wildman–Crippen MR) is 49.7 cm³/mol. The van der Waals surface area contributed by atoms with E-state index in [1.165, 1.54) is 0 Å². The van der Waals surface area contributed by atoms with Gasteiger partial charge in [0, 0.05) is 0 Å². The third-order valence-electron chi connectivity index (χ3n) is 2.47. The first-order valence-corrected chi connectivity index (χ1v) is 8.44. The van der Waals surface area contributed by atoms with Gasteiger partial charge >= 0.3 is 94.7 Å². The summed E-state index contributed by atoms with van der Waals surface area (Å²) in [4.78, 5) is 0. The summed E-state index contributed by atoms with van der Waals surface area (Å²) in [5, 5.41) is 0. The Morgan fingerprint density at radius 3 is 1.67 bits per heavy atom. The van der Waals surface area contributed by atoms with E-state index in [0.717, 1.165) is 0 Å². The van der Waals surface area contributed by atoms with Crippen LogP contribution >= 0.6 is 0 Å². The van der Waals surface area contributed by atoms with Crippen LogP contribution in [0.1, 0.15) is 12.8 Å². The Bertz CT molecular complexity index is 342. The van der Waals surface area contributed by atoms with E-state index in [2.05, 4.69) is 0 Å². The predicted octanol–water partition coefficient (Wildman–Crippen LogP) is 3.81. The van der Waals surface area contributed by atoms with Crippen LogP contribution in [0, 0.1) is 0 Å². The quantitative estimate of drug-likeness (QED) is 0.725. The average Bonchev–Trinajstić information content (AvgIpc) is 2.73. The van der Waals surface area contributed by atoms with Crippen molar-refractivity contribution >= 4 is 0 Å². The minimum absolute atomic E-state index is 0.506. The van der Waals surface area contributed by atoms with Gasteiger partial charge in [0.2, 0.25) is 0 Å². The molecule has 4 heteroatoms. The van der Waals surface area contributed by atoms with E-state index in [1.807, 2.05) is 12.2 Å². The molecule has 0 nitrogen and oxygen atoms in total. The van der Waals surface area contributed by atoms with Crippen LogP contribution in [0.25, 0.3) is 0 Å². The molecule has 79 valence electrons. The summed E-state index contributed by atoms with van der Waals surface area (Å²) < 4.78 is 36.3. The fourth-order valence-electron chi connectivity index (χ4n) is 1.84. The van der Waals surface area contributed by atoms with E-state index in [0.29, 0.717) is 19.4 Å². The van der Waals surface area contributed by atoms with Crippen molar-refractivity contribution in [3.05, 3.63) is 43.0 Å². The molecule has 0 N–H and O–H groups in total. The maximum atomic E-state index is 13.0. The summed E-state index contributed by atoms with van der Waals surface area (Å²) in [6, 6.07) is 0. The fraction of sp³-hybridized carbons (Fsp3) is 0.273. The van der Waals surface area contributed by atoms with Crippen LogP contribution < -0.4 is 0 Å². The second-order valence-corrected chi connectivity index (χ2v) is 9.92. The molecule has 2 rings (SSSR count). The molecule has 0 spiro atoms. The van der Waals surface area contributed by atoms with Gasteiger partial charge in [-0.2, -0.15) is 0 Å². The topological polar surface area (TPSA) is 0 Å². The summed E-state index contributed by atoms with van der Waals surface area (Å²) in [7, 11) is 0. The Morgan fingerprint density at radius 1 is 0.933 bits per heavy atom. The fourth-order valence-corrected chi connectivity index (χ4v) is 7.51. The Morgan fingerprint density at radius 2 is 1.40 bits per heavy atom. The number of halogens is 3. The van der Waals surface area contributed by atoms with Crippen molar-refractivity contribution < 1.29 is 34.9 Å². The zero-order chi connectivity index (χ0) is 10.9. The van der Waals surface area contributed by atoms with Crippen molar-refractivity contribution in [3.8, 4) is 0 Å². The van der Waals surface area contributed by atoms with Crippen molar-refractivity contribution in [3.63, 3.8) is 0 Å². The molecule has 0 saturated carbocycles. The summed E-state index contributed by atoms with van der Waals surface area (Å²) in [6.07, 6.45) is 11.4. The van der Waals surface area contributed by atoms with E-state index in [-0.39, 0.29) is 0 Å². The first-order chi connectivity index (χ1) is 7.09. The molecule has 0 atom stereocenters. The molecular weight excluding hydrogens is 280 g/mol. The molecule has 0 heterocycles. The van der Waals surface area contributed by atoms with Gasteiger partial charge < -0.3 is 0 Å². The molecule has 0 aromatic carbocycles.